The Morgan fingerprint density at radius 3 is 2.70 bits per heavy atom. The van der Waals surface area contributed by atoms with E-state index >= 15 is 0 Å². The fraction of sp³-hybridized carbons (Fsp3) is 0.250. The van der Waals surface area contributed by atoms with Crippen LogP contribution in [0.5, 0.6) is 0 Å². The Bertz CT molecular complexity index is 712. The summed E-state index contributed by atoms with van der Waals surface area (Å²) in [4.78, 5) is 0. The Balaban J connectivity index is 2.39. The van der Waals surface area contributed by atoms with Crippen LogP contribution in [0.3, 0.4) is 0 Å². The Kier molecular flexibility index (Phi) is 4.05. The van der Waals surface area contributed by atoms with Crippen molar-refractivity contribution in [3.05, 3.63) is 41.3 Å². The summed E-state index contributed by atoms with van der Waals surface area (Å²) in [5.74, 6) is -0.640. The lowest BCUT2D eigenvalue weighted by Crippen LogP contribution is -2.18. The average Bonchev–Trinajstić information content (AvgIpc) is 2.75. The van der Waals surface area contributed by atoms with E-state index in [9.17, 15) is 12.8 Å². The van der Waals surface area contributed by atoms with Crippen molar-refractivity contribution in [2.24, 2.45) is 0 Å². The largest absolute Gasteiger partial charge is 0.316 e. The fourth-order valence-electron chi connectivity index (χ4n) is 1.77. The number of rotatable bonds is 5. The third-order valence-corrected chi connectivity index (χ3v) is 4.10. The molecule has 0 aliphatic rings. The van der Waals surface area contributed by atoms with Crippen LogP contribution in [-0.4, -0.2) is 25.7 Å². The Morgan fingerprint density at radius 1 is 1.35 bits per heavy atom. The van der Waals surface area contributed by atoms with Crippen molar-refractivity contribution in [3.63, 3.8) is 0 Å². The van der Waals surface area contributed by atoms with Crippen molar-refractivity contribution < 1.29 is 12.8 Å². The molecule has 0 amide bonds. The van der Waals surface area contributed by atoms with Crippen LogP contribution in [0.1, 0.15) is 11.3 Å². The second-order valence-corrected chi connectivity index (χ2v) is 5.85. The number of halogens is 1. The number of nitrogens with one attached hydrogen (secondary N) is 3. The highest BCUT2D eigenvalue weighted by molar-refractivity contribution is 7.92. The van der Waals surface area contributed by atoms with E-state index in [0.717, 1.165) is 0 Å². The van der Waals surface area contributed by atoms with Crippen molar-refractivity contribution in [1.82, 2.24) is 15.5 Å². The van der Waals surface area contributed by atoms with Gasteiger partial charge in [0.2, 0.25) is 5.03 Å². The van der Waals surface area contributed by atoms with Crippen molar-refractivity contribution >= 4 is 15.7 Å². The van der Waals surface area contributed by atoms with Gasteiger partial charge in [0.15, 0.2) is 0 Å². The first-order valence-corrected chi connectivity index (χ1v) is 7.40. The third kappa shape index (κ3) is 2.81. The minimum absolute atomic E-state index is 0.108. The molecule has 0 unspecified atom stereocenters. The van der Waals surface area contributed by atoms with Gasteiger partial charge < -0.3 is 5.32 Å². The number of hydrogen-bond donors (Lipinski definition) is 3. The molecule has 0 saturated heterocycles. The van der Waals surface area contributed by atoms with E-state index in [2.05, 4.69) is 20.2 Å². The molecule has 0 spiro atoms. The van der Waals surface area contributed by atoms with E-state index in [1.54, 1.807) is 20.0 Å². The van der Waals surface area contributed by atoms with Gasteiger partial charge in [-0.25, -0.2) is 4.39 Å². The summed E-state index contributed by atoms with van der Waals surface area (Å²) in [5, 5.41) is 9.16. The van der Waals surface area contributed by atoms with Crippen molar-refractivity contribution in [1.29, 1.82) is 0 Å². The number of anilines is 1. The van der Waals surface area contributed by atoms with Gasteiger partial charge in [-0.1, -0.05) is 12.1 Å². The number of H-pyrrole nitrogens is 1. The highest BCUT2D eigenvalue weighted by Gasteiger charge is 2.24. The molecular weight excluding hydrogens is 283 g/mol. The van der Waals surface area contributed by atoms with Gasteiger partial charge >= 0.3 is 0 Å². The quantitative estimate of drug-likeness (QED) is 0.778. The van der Waals surface area contributed by atoms with Crippen LogP contribution in [0.2, 0.25) is 0 Å². The molecule has 2 rings (SSSR count). The molecule has 1 aromatic carbocycles. The number of aromatic nitrogens is 2. The summed E-state index contributed by atoms with van der Waals surface area (Å²) in [6.45, 7) is 2.07. The summed E-state index contributed by atoms with van der Waals surface area (Å²) < 4.78 is 40.3. The average molecular weight is 298 g/mol. The highest BCUT2D eigenvalue weighted by atomic mass is 32.2. The molecule has 0 radical (unpaired) electrons. The van der Waals surface area contributed by atoms with E-state index in [1.165, 1.54) is 18.2 Å². The Hall–Kier alpha value is -1.93. The predicted molar refractivity (Wildman–Crippen MR) is 73.3 cm³/mol. The molecule has 0 atom stereocenters. The van der Waals surface area contributed by atoms with Crippen LogP contribution < -0.4 is 10.0 Å². The summed E-state index contributed by atoms with van der Waals surface area (Å²) in [6.07, 6.45) is 0. The molecule has 0 saturated carbocycles. The lowest BCUT2D eigenvalue weighted by atomic mass is 10.3. The van der Waals surface area contributed by atoms with E-state index in [0.29, 0.717) is 17.8 Å². The molecule has 1 heterocycles. The zero-order chi connectivity index (χ0) is 14.8. The minimum atomic E-state index is -3.94. The van der Waals surface area contributed by atoms with Crippen LogP contribution >= 0.6 is 0 Å². The molecule has 0 fully saturated rings. The first kappa shape index (κ1) is 14.5. The first-order valence-electron chi connectivity index (χ1n) is 5.91. The molecule has 2 aromatic rings. The molecule has 0 aliphatic heterocycles. The Labute approximate surface area is 116 Å². The number of benzene rings is 1. The highest BCUT2D eigenvalue weighted by Crippen LogP contribution is 2.21. The van der Waals surface area contributed by atoms with Crippen LogP contribution in [0.15, 0.2) is 29.3 Å². The SMILES string of the molecule is CNCc1c(S(=O)(=O)Nc2ccccc2F)n[nH]c1C. The van der Waals surface area contributed by atoms with Gasteiger partial charge in [0.25, 0.3) is 10.0 Å². The monoisotopic (exact) mass is 298 g/mol. The summed E-state index contributed by atoms with van der Waals surface area (Å²) in [6, 6.07) is 5.57. The number of aromatic amines is 1. The van der Waals surface area contributed by atoms with Gasteiger partial charge in [-0.15, -0.1) is 0 Å². The maximum atomic E-state index is 13.5. The molecule has 1 aromatic heterocycles. The minimum Gasteiger partial charge on any atom is -0.316 e. The molecule has 8 heteroatoms. The maximum absolute atomic E-state index is 13.5. The third-order valence-electron chi connectivity index (χ3n) is 2.76. The van der Waals surface area contributed by atoms with Crippen molar-refractivity contribution in [2.75, 3.05) is 11.8 Å². The summed E-state index contributed by atoms with van der Waals surface area (Å²) >= 11 is 0. The van der Waals surface area contributed by atoms with Gasteiger partial charge in [-0.3, -0.25) is 9.82 Å². The van der Waals surface area contributed by atoms with E-state index in [-0.39, 0.29) is 10.7 Å². The number of aryl methyl sites for hydroxylation is 1. The second kappa shape index (κ2) is 5.59. The number of nitrogens with zero attached hydrogens (tertiary/aromatic N) is 1. The van der Waals surface area contributed by atoms with Crippen LogP contribution in [0.25, 0.3) is 0 Å². The topological polar surface area (TPSA) is 86.9 Å². The van der Waals surface area contributed by atoms with Gasteiger partial charge in [0, 0.05) is 17.8 Å². The number of para-hydroxylation sites is 1. The molecule has 3 N–H and O–H groups in total. The zero-order valence-electron chi connectivity index (χ0n) is 11.1. The molecule has 20 heavy (non-hydrogen) atoms. The lowest BCUT2D eigenvalue weighted by molar-refractivity contribution is 0.592. The summed E-state index contributed by atoms with van der Waals surface area (Å²) in [7, 11) is -2.24. The lowest BCUT2D eigenvalue weighted by Gasteiger charge is -2.08. The van der Waals surface area contributed by atoms with Crippen LogP contribution in [-0.2, 0) is 16.6 Å². The molecular formula is C12H15FN4O2S. The first-order chi connectivity index (χ1) is 9.45. The van der Waals surface area contributed by atoms with Gasteiger partial charge in [-0.05, 0) is 26.1 Å². The van der Waals surface area contributed by atoms with Gasteiger partial charge in [-0.2, -0.15) is 13.5 Å². The second-order valence-electron chi connectivity index (χ2n) is 4.25. The fourth-order valence-corrected chi connectivity index (χ4v) is 3.04. The van der Waals surface area contributed by atoms with E-state index < -0.39 is 15.8 Å². The molecule has 6 nitrogen and oxygen atoms in total. The van der Waals surface area contributed by atoms with Crippen LogP contribution in [0, 0.1) is 12.7 Å². The zero-order valence-corrected chi connectivity index (χ0v) is 11.9. The van der Waals surface area contributed by atoms with Crippen molar-refractivity contribution in [2.45, 2.75) is 18.5 Å². The maximum Gasteiger partial charge on any atom is 0.281 e. The van der Waals surface area contributed by atoms with E-state index in [1.807, 2.05) is 0 Å². The van der Waals surface area contributed by atoms with Crippen molar-refractivity contribution in [3.8, 4) is 0 Å². The smallest absolute Gasteiger partial charge is 0.281 e. The Morgan fingerprint density at radius 2 is 2.05 bits per heavy atom. The predicted octanol–water partition coefficient (Wildman–Crippen LogP) is 1.38. The molecule has 108 valence electrons. The standard InChI is InChI=1S/C12H15FN4O2S/c1-8-9(7-14-2)12(16-15-8)20(18,19)17-11-6-4-3-5-10(11)13/h3-6,14,17H,7H2,1-2H3,(H,15,16). The number of sulfonamides is 1. The van der Waals surface area contributed by atoms with Crippen LogP contribution in [0.4, 0.5) is 10.1 Å². The van der Waals surface area contributed by atoms with Gasteiger partial charge in [0.1, 0.15) is 5.82 Å². The van der Waals surface area contributed by atoms with E-state index in [4.69, 9.17) is 0 Å². The normalized spacial score (nSPS) is 11.6. The van der Waals surface area contributed by atoms with Gasteiger partial charge in [0.05, 0.1) is 5.69 Å². The molecule has 0 bridgehead atoms. The molecule has 0 aliphatic carbocycles. The summed E-state index contributed by atoms with van der Waals surface area (Å²) in [5.41, 5.74) is 1.06. The number of hydrogen-bond acceptors (Lipinski definition) is 4.